The highest BCUT2D eigenvalue weighted by atomic mass is 16.5. The number of nitrogens with zero attached hydrogens (tertiary/aromatic N) is 1. The second-order valence-corrected chi connectivity index (χ2v) is 9.58. The number of Topliss-reactive ketones (excluding diaryl/α,β-unsaturated/α-hetero) is 1. The summed E-state index contributed by atoms with van der Waals surface area (Å²) >= 11 is 0. The molecule has 0 aromatic heterocycles. The number of hydrogen-bond donors (Lipinski definition) is 0. The van der Waals surface area contributed by atoms with Crippen LogP contribution >= 0.6 is 0 Å². The normalized spacial score (nSPS) is 25.5. The van der Waals surface area contributed by atoms with E-state index in [1.165, 1.54) is 0 Å². The molecule has 2 aromatic carbocycles. The van der Waals surface area contributed by atoms with Gasteiger partial charge in [-0.15, -0.1) is 0 Å². The highest BCUT2D eigenvalue weighted by Crippen LogP contribution is 2.53. The van der Waals surface area contributed by atoms with Gasteiger partial charge in [-0.3, -0.25) is 19.3 Å². The lowest BCUT2D eigenvalue weighted by atomic mass is 9.85. The number of ether oxygens (including phenoxy) is 1. The van der Waals surface area contributed by atoms with Gasteiger partial charge in [0, 0.05) is 12.0 Å². The van der Waals surface area contributed by atoms with Crippen LogP contribution in [-0.2, 0) is 25.5 Å². The first-order valence-electron chi connectivity index (χ1n) is 11.7. The summed E-state index contributed by atoms with van der Waals surface area (Å²) in [6.45, 7) is 3.43. The van der Waals surface area contributed by atoms with Gasteiger partial charge in [-0.25, -0.2) is 4.79 Å². The first-order chi connectivity index (χ1) is 16.3. The predicted molar refractivity (Wildman–Crippen MR) is 125 cm³/mol. The number of amides is 2. The molecule has 0 radical (unpaired) electrons. The number of carbonyl (C=O) groups is 4. The summed E-state index contributed by atoms with van der Waals surface area (Å²) < 4.78 is 5.41. The van der Waals surface area contributed by atoms with Crippen LogP contribution in [0.3, 0.4) is 0 Å². The number of imide groups is 1. The van der Waals surface area contributed by atoms with Crippen LogP contribution in [0, 0.1) is 37.5 Å². The largest absolute Gasteiger partial charge is 0.456 e. The summed E-state index contributed by atoms with van der Waals surface area (Å²) in [6, 6.07) is 13.5. The summed E-state index contributed by atoms with van der Waals surface area (Å²) in [5.41, 5.74) is 3.31. The van der Waals surface area contributed by atoms with Gasteiger partial charge in [0.2, 0.25) is 11.8 Å². The Morgan fingerprint density at radius 2 is 1.59 bits per heavy atom. The fourth-order valence-electron chi connectivity index (χ4n) is 5.58. The van der Waals surface area contributed by atoms with Crippen molar-refractivity contribution < 1.29 is 23.9 Å². The first-order valence-corrected chi connectivity index (χ1v) is 11.7. The van der Waals surface area contributed by atoms with Gasteiger partial charge in [0.05, 0.1) is 11.8 Å². The minimum Gasteiger partial charge on any atom is -0.456 e. The predicted octanol–water partition coefficient (Wildman–Crippen LogP) is 3.45. The minimum atomic E-state index is -1.10. The summed E-state index contributed by atoms with van der Waals surface area (Å²) in [5, 5.41) is 0. The third-order valence-corrected chi connectivity index (χ3v) is 7.53. The Kier molecular flexibility index (Phi) is 5.68. The van der Waals surface area contributed by atoms with Gasteiger partial charge >= 0.3 is 5.97 Å². The van der Waals surface area contributed by atoms with Crippen LogP contribution in [0.5, 0.6) is 0 Å². The van der Waals surface area contributed by atoms with E-state index in [4.69, 9.17) is 4.74 Å². The van der Waals surface area contributed by atoms with E-state index in [0.29, 0.717) is 5.56 Å². The van der Waals surface area contributed by atoms with Crippen molar-refractivity contribution in [2.45, 2.75) is 32.7 Å². The molecule has 6 heteroatoms. The molecule has 0 spiro atoms. The second kappa shape index (κ2) is 8.67. The van der Waals surface area contributed by atoms with Crippen LogP contribution in [0.25, 0.3) is 0 Å². The van der Waals surface area contributed by atoms with Crippen molar-refractivity contribution in [2.24, 2.45) is 23.7 Å². The molecular formula is C28H27NO5. The summed E-state index contributed by atoms with van der Waals surface area (Å²) in [7, 11) is 0. The number of fused-ring (bicyclic) bond motifs is 5. The topological polar surface area (TPSA) is 80.8 Å². The Balaban J connectivity index is 1.36. The van der Waals surface area contributed by atoms with Crippen LogP contribution < -0.4 is 0 Å². The zero-order chi connectivity index (χ0) is 24.0. The average Bonchev–Trinajstić information content (AvgIpc) is 3.52. The van der Waals surface area contributed by atoms with Gasteiger partial charge in [0.1, 0.15) is 6.04 Å². The van der Waals surface area contributed by atoms with E-state index in [1.54, 1.807) is 12.1 Å². The molecule has 2 fully saturated rings. The molecule has 2 aliphatic carbocycles. The fourth-order valence-corrected chi connectivity index (χ4v) is 5.58. The van der Waals surface area contributed by atoms with Crippen molar-refractivity contribution in [3.8, 4) is 0 Å². The number of aryl methyl sites for hydroxylation is 2. The number of carbonyl (C=O) groups excluding carboxylic acids is 4. The number of likely N-dealkylation sites (tertiary alicyclic amines) is 1. The van der Waals surface area contributed by atoms with E-state index in [2.05, 4.69) is 0 Å². The van der Waals surface area contributed by atoms with Crippen molar-refractivity contribution in [1.82, 2.24) is 4.90 Å². The molecular weight excluding hydrogens is 430 g/mol. The monoisotopic (exact) mass is 457 g/mol. The molecule has 1 saturated heterocycles. The van der Waals surface area contributed by atoms with Crippen LogP contribution in [0.4, 0.5) is 0 Å². The van der Waals surface area contributed by atoms with Crippen molar-refractivity contribution in [3.05, 3.63) is 82.9 Å². The Morgan fingerprint density at radius 1 is 0.941 bits per heavy atom. The lowest BCUT2D eigenvalue weighted by molar-refractivity contribution is -0.158. The number of hydrogen-bond acceptors (Lipinski definition) is 5. The molecule has 1 saturated carbocycles. The van der Waals surface area contributed by atoms with Gasteiger partial charge in [-0.1, -0.05) is 54.6 Å². The Labute approximate surface area is 198 Å². The molecule has 2 aromatic rings. The highest BCUT2D eigenvalue weighted by molar-refractivity contribution is 6.09. The molecule has 0 unspecified atom stereocenters. The molecule has 1 heterocycles. The molecule has 2 amide bonds. The zero-order valence-corrected chi connectivity index (χ0v) is 19.3. The number of esters is 1. The van der Waals surface area contributed by atoms with Gasteiger partial charge in [0.25, 0.3) is 0 Å². The number of rotatable bonds is 7. The quantitative estimate of drug-likeness (QED) is 0.275. The number of allylic oxidation sites excluding steroid dienone is 2. The molecule has 2 bridgehead atoms. The standard InChI is InChI=1S/C28H27NO5/c1-16-8-9-19(12-17(16)2)23(30)15-34-28(33)22(13-18-6-4-3-5-7-18)29-26(31)24-20-10-11-21(14-20)25(24)27(29)32/h3-12,20-22,24-25H,13-15H2,1-2H3/t20-,21-,22+,24-,25-/m0/s1. The highest BCUT2D eigenvalue weighted by Gasteiger charge is 2.61. The van der Waals surface area contributed by atoms with E-state index in [0.717, 1.165) is 28.0 Å². The van der Waals surface area contributed by atoms with Crippen LogP contribution in [0.1, 0.15) is 33.5 Å². The lowest BCUT2D eigenvalue weighted by Gasteiger charge is -2.26. The molecule has 5 rings (SSSR count). The van der Waals surface area contributed by atoms with Crippen LogP contribution in [0.2, 0.25) is 0 Å². The Morgan fingerprint density at radius 3 is 2.21 bits per heavy atom. The van der Waals surface area contributed by atoms with Gasteiger partial charge in [-0.2, -0.15) is 0 Å². The molecule has 3 aliphatic rings. The van der Waals surface area contributed by atoms with Crippen molar-refractivity contribution in [3.63, 3.8) is 0 Å². The molecule has 1 aliphatic heterocycles. The number of benzene rings is 2. The van der Waals surface area contributed by atoms with E-state index >= 15 is 0 Å². The van der Waals surface area contributed by atoms with E-state index in [1.807, 2.05) is 62.4 Å². The maximum atomic E-state index is 13.3. The van der Waals surface area contributed by atoms with Crippen molar-refractivity contribution in [2.75, 3.05) is 6.61 Å². The maximum absolute atomic E-state index is 13.3. The maximum Gasteiger partial charge on any atom is 0.330 e. The molecule has 0 N–H and O–H groups in total. The van der Waals surface area contributed by atoms with Gasteiger partial charge in [-0.05, 0) is 54.9 Å². The van der Waals surface area contributed by atoms with Crippen molar-refractivity contribution in [1.29, 1.82) is 0 Å². The van der Waals surface area contributed by atoms with Crippen LogP contribution in [-0.4, -0.2) is 41.1 Å². The van der Waals surface area contributed by atoms with E-state index < -0.39 is 30.5 Å². The zero-order valence-electron chi connectivity index (χ0n) is 19.3. The third-order valence-electron chi connectivity index (χ3n) is 7.53. The lowest BCUT2D eigenvalue weighted by Crippen LogP contribution is -2.48. The molecule has 6 nitrogen and oxygen atoms in total. The van der Waals surface area contributed by atoms with E-state index in [-0.39, 0.29) is 35.9 Å². The van der Waals surface area contributed by atoms with Crippen LogP contribution in [0.15, 0.2) is 60.7 Å². The molecule has 174 valence electrons. The smallest absolute Gasteiger partial charge is 0.330 e. The average molecular weight is 458 g/mol. The van der Waals surface area contributed by atoms with Gasteiger partial charge < -0.3 is 4.74 Å². The summed E-state index contributed by atoms with van der Waals surface area (Å²) in [6.07, 6.45) is 5.01. The molecule has 34 heavy (non-hydrogen) atoms. The van der Waals surface area contributed by atoms with E-state index in [9.17, 15) is 19.2 Å². The second-order valence-electron chi connectivity index (χ2n) is 9.58. The SMILES string of the molecule is Cc1ccc(C(=O)COC(=O)[C@@H](Cc2ccccc2)N2C(=O)[C@@H]3[C@@H](C2=O)[C@H]2C=C[C@H]3C2)cc1C. The van der Waals surface area contributed by atoms with Gasteiger partial charge in [0.15, 0.2) is 12.4 Å². The number of ketones is 1. The minimum absolute atomic E-state index is 0.0520. The molecule has 5 atom stereocenters. The Hall–Kier alpha value is -3.54. The Bertz CT molecular complexity index is 1170. The third kappa shape index (κ3) is 3.77. The first kappa shape index (κ1) is 22.3. The summed E-state index contributed by atoms with van der Waals surface area (Å²) in [5.74, 6) is -2.35. The van der Waals surface area contributed by atoms with Crippen molar-refractivity contribution >= 4 is 23.6 Å². The summed E-state index contributed by atoms with van der Waals surface area (Å²) in [4.78, 5) is 53.7. The fraction of sp³-hybridized carbons (Fsp3) is 0.357.